The Bertz CT molecular complexity index is 821. The van der Waals surface area contributed by atoms with E-state index in [1.165, 1.54) is 12.5 Å². The Morgan fingerprint density at radius 3 is 2.31 bits per heavy atom. The van der Waals surface area contributed by atoms with Crippen LogP contribution in [0.3, 0.4) is 0 Å². The number of rotatable bonds is 3. The van der Waals surface area contributed by atoms with Crippen LogP contribution in [0.2, 0.25) is 0 Å². The first-order valence-electron chi connectivity index (χ1n) is 12.6. The van der Waals surface area contributed by atoms with Crippen LogP contribution >= 0.6 is 0 Å². The standard InChI is InChI=1S/C21H27F3N2O2.C3H8.C2H4O2/c22-21(23,24)17-3-1-14-5-8-26(13-16(14)11-17)20(27)15-2-4-19(12-15)25-18-6-9-28-10-7-18;1-3-2;1-2(3)4/h1,3,11,15,18-19,25H,2,4-10,12-13H2;3H2,1-2H3;1H3,(H,3,4). The van der Waals surface area contributed by atoms with Crippen LogP contribution in [0.5, 0.6) is 0 Å². The minimum absolute atomic E-state index is 0.0234. The lowest BCUT2D eigenvalue weighted by Gasteiger charge is -2.31. The summed E-state index contributed by atoms with van der Waals surface area (Å²) in [6, 6.07) is 4.73. The molecule has 0 bridgehead atoms. The maximum atomic E-state index is 13.0. The molecule has 1 saturated carbocycles. The Labute approximate surface area is 206 Å². The largest absolute Gasteiger partial charge is 0.481 e. The summed E-state index contributed by atoms with van der Waals surface area (Å²) < 4.78 is 44.4. The molecule has 0 aromatic heterocycles. The maximum Gasteiger partial charge on any atom is 0.416 e. The second-order valence-corrected chi connectivity index (χ2v) is 9.48. The minimum Gasteiger partial charge on any atom is -0.481 e. The summed E-state index contributed by atoms with van der Waals surface area (Å²) in [4.78, 5) is 23.7. The Hall–Kier alpha value is -2.13. The normalized spacial score (nSPS) is 22.3. The van der Waals surface area contributed by atoms with Crippen molar-refractivity contribution in [3.8, 4) is 0 Å². The molecule has 1 aromatic rings. The van der Waals surface area contributed by atoms with E-state index < -0.39 is 17.7 Å². The van der Waals surface area contributed by atoms with Crippen molar-refractivity contribution in [3.63, 3.8) is 0 Å². The van der Waals surface area contributed by atoms with Gasteiger partial charge in [0, 0.05) is 51.2 Å². The molecule has 35 heavy (non-hydrogen) atoms. The fraction of sp³-hybridized carbons (Fsp3) is 0.692. The van der Waals surface area contributed by atoms with Gasteiger partial charge in [-0.15, -0.1) is 0 Å². The zero-order valence-electron chi connectivity index (χ0n) is 21.0. The molecule has 2 N–H and O–H groups in total. The molecule has 1 amide bonds. The minimum atomic E-state index is -4.35. The van der Waals surface area contributed by atoms with Crippen molar-refractivity contribution < 1.29 is 32.6 Å². The molecule has 4 rings (SSSR count). The number of fused-ring (bicyclic) bond motifs is 1. The van der Waals surface area contributed by atoms with Gasteiger partial charge < -0.3 is 20.1 Å². The number of benzene rings is 1. The van der Waals surface area contributed by atoms with E-state index in [4.69, 9.17) is 14.6 Å². The van der Waals surface area contributed by atoms with Crippen molar-refractivity contribution in [2.45, 2.75) is 90.5 Å². The highest BCUT2D eigenvalue weighted by atomic mass is 19.4. The fourth-order valence-corrected chi connectivity index (χ4v) is 4.73. The highest BCUT2D eigenvalue weighted by Crippen LogP contribution is 2.34. The van der Waals surface area contributed by atoms with Crippen LogP contribution in [-0.2, 0) is 33.5 Å². The number of aliphatic carboxylic acids is 1. The Kier molecular flexibility index (Phi) is 11.5. The van der Waals surface area contributed by atoms with Gasteiger partial charge in [-0.1, -0.05) is 26.3 Å². The molecule has 198 valence electrons. The highest BCUT2D eigenvalue weighted by molar-refractivity contribution is 5.79. The predicted molar refractivity (Wildman–Crippen MR) is 128 cm³/mol. The van der Waals surface area contributed by atoms with Crippen LogP contribution in [0.25, 0.3) is 0 Å². The maximum absolute atomic E-state index is 13.0. The summed E-state index contributed by atoms with van der Waals surface area (Å²) in [6.45, 7) is 7.79. The predicted octanol–water partition coefficient (Wildman–Crippen LogP) is 5.03. The third-order valence-electron chi connectivity index (χ3n) is 6.33. The molecule has 2 fully saturated rings. The van der Waals surface area contributed by atoms with Crippen LogP contribution in [0.15, 0.2) is 18.2 Å². The van der Waals surface area contributed by atoms with Crippen molar-refractivity contribution in [3.05, 3.63) is 34.9 Å². The molecule has 1 saturated heterocycles. The molecule has 3 aliphatic rings. The first-order valence-corrected chi connectivity index (χ1v) is 12.6. The van der Waals surface area contributed by atoms with Gasteiger partial charge in [0.25, 0.3) is 5.97 Å². The number of halogens is 3. The van der Waals surface area contributed by atoms with E-state index in [0.717, 1.165) is 63.9 Å². The van der Waals surface area contributed by atoms with Crippen LogP contribution < -0.4 is 5.32 Å². The smallest absolute Gasteiger partial charge is 0.416 e. The van der Waals surface area contributed by atoms with Crippen molar-refractivity contribution in [1.29, 1.82) is 0 Å². The number of carboxylic acid groups (broad SMARTS) is 1. The summed E-state index contributed by atoms with van der Waals surface area (Å²) in [5, 5.41) is 11.1. The SMILES string of the molecule is CC(=O)O.CCC.O=C(C1CCC(NC2CCOCC2)C1)N1CCc2ccc(C(F)(F)F)cc2C1. The molecule has 0 radical (unpaired) electrons. The molecule has 1 aliphatic carbocycles. The Morgan fingerprint density at radius 2 is 1.71 bits per heavy atom. The topological polar surface area (TPSA) is 78.9 Å². The van der Waals surface area contributed by atoms with Crippen LogP contribution in [-0.4, -0.2) is 53.7 Å². The van der Waals surface area contributed by atoms with Crippen molar-refractivity contribution in [2.75, 3.05) is 19.8 Å². The van der Waals surface area contributed by atoms with Crippen LogP contribution in [0, 0.1) is 5.92 Å². The van der Waals surface area contributed by atoms with E-state index in [0.29, 0.717) is 30.6 Å². The summed E-state index contributed by atoms with van der Waals surface area (Å²) >= 11 is 0. The number of carbonyl (C=O) groups is 2. The van der Waals surface area contributed by atoms with E-state index in [1.807, 2.05) is 0 Å². The van der Waals surface area contributed by atoms with E-state index >= 15 is 0 Å². The van der Waals surface area contributed by atoms with Gasteiger partial charge in [0.2, 0.25) is 5.91 Å². The molecule has 6 nitrogen and oxygen atoms in total. The molecular formula is C26H39F3N2O4. The summed E-state index contributed by atoms with van der Waals surface area (Å²) in [7, 11) is 0. The number of ether oxygens (including phenoxy) is 1. The second kappa shape index (κ2) is 13.8. The number of carbonyl (C=O) groups excluding carboxylic acids is 1. The zero-order chi connectivity index (χ0) is 26.0. The van der Waals surface area contributed by atoms with Crippen LogP contribution in [0.1, 0.15) is 76.0 Å². The molecular weight excluding hydrogens is 461 g/mol. The van der Waals surface area contributed by atoms with Gasteiger partial charge in [0.15, 0.2) is 0 Å². The van der Waals surface area contributed by atoms with Gasteiger partial charge >= 0.3 is 6.18 Å². The lowest BCUT2D eigenvalue weighted by molar-refractivity contribution is -0.138. The Morgan fingerprint density at radius 1 is 1.09 bits per heavy atom. The zero-order valence-corrected chi connectivity index (χ0v) is 21.0. The monoisotopic (exact) mass is 500 g/mol. The Balaban J connectivity index is 0.000000551. The number of amides is 1. The van der Waals surface area contributed by atoms with Crippen molar-refractivity contribution in [2.24, 2.45) is 5.92 Å². The quantitative estimate of drug-likeness (QED) is 0.608. The number of nitrogens with zero attached hydrogens (tertiary/aromatic N) is 1. The second-order valence-electron chi connectivity index (χ2n) is 9.48. The molecule has 9 heteroatoms. The number of carboxylic acids is 1. The van der Waals surface area contributed by atoms with Gasteiger partial charge in [-0.25, -0.2) is 0 Å². The third-order valence-corrected chi connectivity index (χ3v) is 6.33. The van der Waals surface area contributed by atoms with Crippen molar-refractivity contribution >= 4 is 11.9 Å². The summed E-state index contributed by atoms with van der Waals surface area (Å²) in [6.07, 6.45) is 2.20. The average Bonchev–Trinajstić information content (AvgIpc) is 3.26. The van der Waals surface area contributed by atoms with Gasteiger partial charge in [-0.05, 0) is 61.8 Å². The third kappa shape index (κ3) is 9.44. The highest BCUT2D eigenvalue weighted by Gasteiger charge is 2.36. The van der Waals surface area contributed by atoms with Gasteiger partial charge in [-0.2, -0.15) is 13.2 Å². The van der Waals surface area contributed by atoms with E-state index in [1.54, 1.807) is 11.0 Å². The first-order chi connectivity index (χ1) is 16.5. The molecule has 2 unspecified atom stereocenters. The fourth-order valence-electron chi connectivity index (χ4n) is 4.73. The van der Waals surface area contributed by atoms with Gasteiger partial charge in [0.05, 0.1) is 5.56 Å². The molecule has 1 aromatic carbocycles. The van der Waals surface area contributed by atoms with Crippen molar-refractivity contribution in [1.82, 2.24) is 10.2 Å². The van der Waals surface area contributed by atoms with E-state index in [-0.39, 0.29) is 18.4 Å². The molecule has 0 spiro atoms. The lowest BCUT2D eigenvalue weighted by atomic mass is 9.95. The summed E-state index contributed by atoms with van der Waals surface area (Å²) in [5.74, 6) is -0.760. The number of nitrogens with one attached hydrogen (secondary N) is 1. The lowest BCUT2D eigenvalue weighted by Crippen LogP contribution is -2.42. The first kappa shape index (κ1) is 29.1. The van der Waals surface area contributed by atoms with Crippen LogP contribution in [0.4, 0.5) is 13.2 Å². The molecule has 2 aliphatic heterocycles. The average molecular weight is 501 g/mol. The number of hydrogen-bond acceptors (Lipinski definition) is 4. The van der Waals surface area contributed by atoms with E-state index in [2.05, 4.69) is 19.2 Å². The molecule has 2 heterocycles. The van der Waals surface area contributed by atoms with Gasteiger partial charge in [0.1, 0.15) is 0 Å². The number of alkyl halides is 3. The molecule has 2 atom stereocenters. The summed E-state index contributed by atoms with van der Waals surface area (Å²) in [5.41, 5.74) is 0.911. The van der Waals surface area contributed by atoms with Gasteiger partial charge in [-0.3, -0.25) is 9.59 Å². The van der Waals surface area contributed by atoms with E-state index in [9.17, 15) is 18.0 Å². The number of hydrogen-bond donors (Lipinski definition) is 2.